The third kappa shape index (κ3) is 8.29. The Morgan fingerprint density at radius 3 is 1.97 bits per heavy atom. The summed E-state index contributed by atoms with van der Waals surface area (Å²) >= 11 is 0. The van der Waals surface area contributed by atoms with Gasteiger partial charge in [0.05, 0.1) is 42.2 Å². The minimum atomic E-state index is -1.07. The lowest BCUT2D eigenvalue weighted by atomic mass is 9.41. The Morgan fingerprint density at radius 1 is 0.716 bits per heavy atom. The topological polar surface area (TPSA) is 192 Å². The molecule has 3 aliphatic heterocycles. The number of ether oxygens (including phenoxy) is 9. The average Bonchev–Trinajstić information content (AvgIpc) is 3.57. The van der Waals surface area contributed by atoms with Gasteiger partial charge in [-0.15, -0.1) is 0 Å². The van der Waals surface area contributed by atoms with Crippen molar-refractivity contribution in [1.29, 1.82) is 0 Å². The maximum Gasteiger partial charge on any atom is 0.303 e. The van der Waals surface area contributed by atoms with E-state index in [1.165, 1.54) is 27.7 Å². The molecule has 5 saturated carbocycles. The number of fused-ring (bicyclic) bond motifs is 2. The molecule has 3 saturated heterocycles. The Balaban J connectivity index is 1.18. The third-order valence-electron chi connectivity index (χ3n) is 19.8. The molecule has 21 atom stereocenters. The molecule has 0 aromatic carbocycles. The van der Waals surface area contributed by atoms with Gasteiger partial charge in [-0.05, 0) is 123 Å². The summed E-state index contributed by atoms with van der Waals surface area (Å²) in [6, 6.07) is 0. The van der Waals surface area contributed by atoms with E-state index in [-0.39, 0.29) is 76.0 Å². The number of aliphatic hydroxyl groups excluding tert-OH is 1. The monoisotopic (exact) mass is 947 g/mol. The minimum Gasteiger partial charge on any atom is -0.463 e. The van der Waals surface area contributed by atoms with Crippen molar-refractivity contribution in [3.8, 4) is 0 Å². The Kier molecular flexibility index (Phi) is 13.3. The normalized spacial score (nSPS) is 49.9. The van der Waals surface area contributed by atoms with Crippen molar-refractivity contribution in [3.63, 3.8) is 0 Å². The molecule has 380 valence electrons. The standard InChI is InChI=1S/C52H82O15/c1-26-23-60-45(40(27(26)2)62-31(6)55)66-37-16-18-52-25-51(52)20-19-48(12)42(50(14)17-15-38(67-50)47(10,11)58)33(57)22-49(48,13)36(51)21-34(43(52)46(37,8)9)64-44-28(3)39(61-30(5)54)41(63-32(7)56)35(65-44)24-59-29(4)53/h26-28,33-45,57-58H,15-25H2,1-14H3/t26-,27+,28-,33+,34+,35-,36+,37+,38+,39-,40-,41-,42+,43+,44?,45?,48-,49+,50-,51+,52-/m1/s1. The van der Waals surface area contributed by atoms with Gasteiger partial charge < -0.3 is 52.8 Å². The third-order valence-corrected chi connectivity index (χ3v) is 19.8. The first kappa shape index (κ1) is 51.0. The molecule has 0 aromatic rings. The van der Waals surface area contributed by atoms with E-state index in [4.69, 9.17) is 42.6 Å². The SMILES string of the molecule is CC(=O)OC[C@H]1OC(O[C@H]2C[C@@H]3[C@]4(CC[C@]5(C)[C@@H]([C@@]6(C)CC[C@@H](C(C)(C)O)O6)[C@@H](O)C[C@@]35C)C[C@@]43CC[C@H](OC4OC[C@@H](C)[C@H](C)[C@H]4OC(C)=O)C(C)(C)[C@H]23)[C@H](C)[C@@H](OC(C)=O)[C@@H]1OC(C)=O. The van der Waals surface area contributed by atoms with Gasteiger partial charge in [0, 0.05) is 45.4 Å². The van der Waals surface area contributed by atoms with Gasteiger partial charge in [0.15, 0.2) is 24.8 Å². The van der Waals surface area contributed by atoms with Gasteiger partial charge in [0.1, 0.15) is 18.8 Å². The molecule has 0 amide bonds. The Labute approximate surface area is 398 Å². The van der Waals surface area contributed by atoms with Crippen molar-refractivity contribution >= 4 is 23.9 Å². The molecule has 0 aromatic heterocycles. The highest BCUT2D eigenvalue weighted by Crippen LogP contribution is 2.89. The van der Waals surface area contributed by atoms with Crippen LogP contribution in [-0.2, 0) is 61.8 Å². The lowest BCUT2D eigenvalue weighted by Gasteiger charge is -2.65. The first-order chi connectivity index (χ1) is 31.0. The maximum atomic E-state index is 12.7. The second-order valence-corrected chi connectivity index (χ2v) is 24.6. The fourth-order valence-corrected chi connectivity index (χ4v) is 16.6. The summed E-state index contributed by atoms with van der Waals surface area (Å²) in [7, 11) is 0. The van der Waals surface area contributed by atoms with Crippen LogP contribution in [0.2, 0.25) is 0 Å². The fourth-order valence-electron chi connectivity index (χ4n) is 16.6. The molecule has 2 spiro atoms. The molecule has 2 unspecified atom stereocenters. The summed E-state index contributed by atoms with van der Waals surface area (Å²) in [5, 5.41) is 23.6. The second kappa shape index (κ2) is 17.4. The van der Waals surface area contributed by atoms with Crippen LogP contribution in [0.25, 0.3) is 0 Å². The molecule has 8 rings (SSSR count). The molecule has 15 nitrogen and oxygen atoms in total. The van der Waals surface area contributed by atoms with E-state index in [1.54, 1.807) is 13.8 Å². The summed E-state index contributed by atoms with van der Waals surface area (Å²) in [6.07, 6.45) is 0.373. The van der Waals surface area contributed by atoms with Gasteiger partial charge >= 0.3 is 23.9 Å². The van der Waals surface area contributed by atoms with Gasteiger partial charge in [-0.3, -0.25) is 19.2 Å². The van der Waals surface area contributed by atoms with E-state index >= 15 is 0 Å². The minimum absolute atomic E-state index is 0.0190. The van der Waals surface area contributed by atoms with Crippen molar-refractivity contribution < 1.29 is 72.0 Å². The molecule has 8 fully saturated rings. The molecule has 5 aliphatic carbocycles. The van der Waals surface area contributed by atoms with Crippen molar-refractivity contribution in [2.45, 2.75) is 227 Å². The van der Waals surface area contributed by atoms with Gasteiger partial charge in [0.2, 0.25) is 0 Å². The van der Waals surface area contributed by atoms with Crippen LogP contribution in [-0.4, -0.2) is 120 Å². The van der Waals surface area contributed by atoms with E-state index in [0.717, 1.165) is 44.9 Å². The van der Waals surface area contributed by atoms with E-state index < -0.39 is 89.6 Å². The van der Waals surface area contributed by atoms with Gasteiger partial charge in [-0.25, -0.2) is 0 Å². The Bertz CT molecular complexity index is 1920. The zero-order valence-electron chi connectivity index (χ0n) is 42.7. The van der Waals surface area contributed by atoms with Crippen molar-refractivity contribution in [2.24, 2.45) is 62.6 Å². The number of esters is 4. The van der Waals surface area contributed by atoms with Crippen LogP contribution in [0.1, 0.15) is 155 Å². The number of aliphatic hydroxyl groups is 2. The van der Waals surface area contributed by atoms with E-state index in [2.05, 4.69) is 48.5 Å². The summed E-state index contributed by atoms with van der Waals surface area (Å²) < 4.78 is 57.7. The Hall–Kier alpha value is -2.40. The second-order valence-electron chi connectivity index (χ2n) is 24.6. The zero-order chi connectivity index (χ0) is 49.2. The number of rotatable bonds is 11. The van der Waals surface area contributed by atoms with Crippen molar-refractivity contribution in [1.82, 2.24) is 0 Å². The number of hydrogen-bond acceptors (Lipinski definition) is 15. The smallest absolute Gasteiger partial charge is 0.303 e. The van der Waals surface area contributed by atoms with Gasteiger partial charge in [-0.1, -0.05) is 48.5 Å². The highest BCUT2D eigenvalue weighted by molar-refractivity contribution is 5.68. The quantitative estimate of drug-likeness (QED) is 0.124. The molecule has 8 aliphatic rings. The predicted octanol–water partition coefficient (Wildman–Crippen LogP) is 6.83. The molecule has 0 bridgehead atoms. The predicted molar refractivity (Wildman–Crippen MR) is 241 cm³/mol. The van der Waals surface area contributed by atoms with E-state index in [9.17, 15) is 29.4 Å². The number of hydrogen-bond donors (Lipinski definition) is 2. The highest BCUT2D eigenvalue weighted by atomic mass is 16.7. The van der Waals surface area contributed by atoms with Crippen LogP contribution >= 0.6 is 0 Å². The molecular formula is C52H82O15. The summed E-state index contributed by atoms with van der Waals surface area (Å²) in [5.41, 5.74) is -2.94. The molecule has 67 heavy (non-hydrogen) atoms. The first-order valence-electron chi connectivity index (χ1n) is 25.4. The molecule has 0 radical (unpaired) electrons. The van der Waals surface area contributed by atoms with Crippen LogP contribution in [0.3, 0.4) is 0 Å². The van der Waals surface area contributed by atoms with Crippen LogP contribution < -0.4 is 0 Å². The van der Waals surface area contributed by atoms with Gasteiger partial charge in [0.25, 0.3) is 0 Å². The van der Waals surface area contributed by atoms with Crippen LogP contribution in [0.4, 0.5) is 0 Å². The lowest BCUT2D eigenvalue weighted by molar-refractivity contribution is -0.329. The summed E-state index contributed by atoms with van der Waals surface area (Å²) in [6.45, 7) is 26.7. The molecular weight excluding hydrogens is 865 g/mol. The van der Waals surface area contributed by atoms with E-state index in [1.807, 2.05) is 6.92 Å². The first-order valence-corrected chi connectivity index (χ1v) is 25.4. The van der Waals surface area contributed by atoms with Crippen molar-refractivity contribution in [2.75, 3.05) is 13.2 Å². The van der Waals surface area contributed by atoms with Crippen LogP contribution in [0.5, 0.6) is 0 Å². The fraction of sp³-hybridized carbons (Fsp3) is 0.923. The maximum absolute atomic E-state index is 12.7. The van der Waals surface area contributed by atoms with Crippen molar-refractivity contribution in [3.05, 3.63) is 0 Å². The largest absolute Gasteiger partial charge is 0.463 e. The molecule has 3 heterocycles. The summed E-state index contributed by atoms with van der Waals surface area (Å²) in [5.74, 6) is -2.57. The average molecular weight is 947 g/mol. The van der Waals surface area contributed by atoms with Crippen LogP contribution in [0, 0.1) is 62.6 Å². The highest BCUT2D eigenvalue weighted by Gasteiger charge is 2.85. The number of carbonyl (C=O) groups excluding carboxylic acids is 4. The molecule has 15 heteroatoms. The van der Waals surface area contributed by atoms with Gasteiger partial charge in [-0.2, -0.15) is 0 Å². The zero-order valence-corrected chi connectivity index (χ0v) is 42.7. The Morgan fingerprint density at radius 2 is 1.36 bits per heavy atom. The lowest BCUT2D eigenvalue weighted by Crippen LogP contribution is -2.65. The van der Waals surface area contributed by atoms with Crippen LogP contribution in [0.15, 0.2) is 0 Å². The molecule has 2 N–H and O–H groups in total. The summed E-state index contributed by atoms with van der Waals surface area (Å²) in [4.78, 5) is 49.9. The number of carbonyl (C=O) groups is 4. The van der Waals surface area contributed by atoms with E-state index in [0.29, 0.717) is 19.4 Å².